The van der Waals surface area contributed by atoms with Crippen LogP contribution in [0.1, 0.15) is 20.8 Å². The van der Waals surface area contributed by atoms with E-state index >= 15 is 0 Å². The Kier molecular flexibility index (Phi) is 5.35. The van der Waals surface area contributed by atoms with E-state index in [1.54, 1.807) is 22.6 Å². The van der Waals surface area contributed by atoms with Crippen LogP contribution in [-0.2, 0) is 9.53 Å². The van der Waals surface area contributed by atoms with Crippen molar-refractivity contribution in [3.8, 4) is 0 Å². The molecule has 4 nitrogen and oxygen atoms in total. The van der Waals surface area contributed by atoms with Crippen molar-refractivity contribution in [1.82, 2.24) is 3.53 Å². The molecule has 1 saturated heterocycles. The fourth-order valence-electron chi connectivity index (χ4n) is 1.59. The van der Waals surface area contributed by atoms with Crippen molar-refractivity contribution < 1.29 is 62.5 Å². The molecule has 2 unspecified atom stereocenters. The molecule has 2 atom stereocenters. The Morgan fingerprint density at radius 3 is 1.77 bits per heavy atom. The summed E-state index contributed by atoms with van der Waals surface area (Å²) in [5.41, 5.74) is -8.43. The number of halogens is 8. The molecule has 22 heavy (non-hydrogen) atoms. The number of hydrogen-bond donors (Lipinski definition) is 2. The fourth-order valence-corrected chi connectivity index (χ4v) is 4.88. The summed E-state index contributed by atoms with van der Waals surface area (Å²) in [7, 11) is 0. The molecule has 0 saturated carbocycles. The first-order valence-electron chi connectivity index (χ1n) is 5.64. The normalized spacial score (nSPS) is 23.3. The molecule has 1 rings (SSSR count). The van der Waals surface area contributed by atoms with Crippen LogP contribution in [0, 0.1) is 0 Å². The van der Waals surface area contributed by atoms with Gasteiger partial charge in [-0.25, -0.2) is 0 Å². The van der Waals surface area contributed by atoms with Gasteiger partial charge in [-0.05, 0) is 0 Å². The Balaban J connectivity index is 3.16. The van der Waals surface area contributed by atoms with Gasteiger partial charge in [-0.3, -0.25) is 0 Å². The van der Waals surface area contributed by atoms with Gasteiger partial charge in [0, 0.05) is 0 Å². The van der Waals surface area contributed by atoms with Crippen LogP contribution < -0.4 is 25.0 Å². The molecule has 0 aliphatic carbocycles. The van der Waals surface area contributed by atoms with Gasteiger partial charge >= 0.3 is 146 Å². The third-order valence-electron chi connectivity index (χ3n) is 3.13. The average molecular weight is 562 g/mol. The van der Waals surface area contributed by atoms with Crippen molar-refractivity contribution in [3.63, 3.8) is 0 Å². The van der Waals surface area contributed by atoms with Gasteiger partial charge in [-0.1, -0.05) is 0 Å². The van der Waals surface area contributed by atoms with E-state index in [1.807, 2.05) is 0 Å². The Labute approximate surface area is 146 Å². The first kappa shape index (κ1) is 20.5. The van der Waals surface area contributed by atoms with Gasteiger partial charge in [0.2, 0.25) is 0 Å². The van der Waals surface area contributed by atoms with Gasteiger partial charge in [0.15, 0.2) is 0 Å². The van der Waals surface area contributed by atoms with E-state index in [-0.39, 0.29) is 4.05 Å². The number of esters is 1. The SMILES string of the molecule is CC(I)(C(=O)OC(C)(C)C(O)(C(F)(F)F)C(F)(F)F)C1N[I-]1. The maximum absolute atomic E-state index is 12.8. The van der Waals surface area contributed by atoms with Crippen LogP contribution in [0.15, 0.2) is 0 Å². The van der Waals surface area contributed by atoms with Crippen molar-refractivity contribution in [2.45, 2.75) is 51.8 Å². The number of hydrogen-bond acceptors (Lipinski definition) is 4. The number of aliphatic hydroxyl groups is 1. The van der Waals surface area contributed by atoms with Crippen LogP contribution in [0.3, 0.4) is 0 Å². The molecule has 1 fully saturated rings. The van der Waals surface area contributed by atoms with Crippen molar-refractivity contribution in [1.29, 1.82) is 0 Å². The van der Waals surface area contributed by atoms with Gasteiger partial charge in [0.1, 0.15) is 0 Å². The number of carbonyl (C=O) groups excluding carboxylic acids is 1. The molecule has 0 bridgehead atoms. The van der Waals surface area contributed by atoms with Gasteiger partial charge in [0.05, 0.1) is 0 Å². The monoisotopic (exact) mass is 562 g/mol. The second-order valence-electron chi connectivity index (χ2n) is 5.26. The maximum atomic E-state index is 12.8. The van der Waals surface area contributed by atoms with Crippen LogP contribution in [0.4, 0.5) is 26.3 Å². The van der Waals surface area contributed by atoms with E-state index in [9.17, 15) is 36.2 Å². The number of ether oxygens (including phenoxy) is 1. The molecule has 1 heterocycles. The molecule has 0 amide bonds. The van der Waals surface area contributed by atoms with E-state index in [0.717, 1.165) is 0 Å². The zero-order chi connectivity index (χ0) is 17.8. The first-order chi connectivity index (χ1) is 9.48. The topological polar surface area (TPSA) is 68.5 Å². The minimum atomic E-state index is -6.07. The van der Waals surface area contributed by atoms with Gasteiger partial charge in [-0.2, -0.15) is 0 Å². The quantitative estimate of drug-likeness (QED) is 0.0906. The van der Waals surface area contributed by atoms with Crippen LogP contribution in [-0.4, -0.2) is 42.1 Å². The number of nitrogens with one attached hydrogen (secondary N) is 1. The Hall–Kier alpha value is 0.430. The van der Waals surface area contributed by atoms with Crippen LogP contribution >= 0.6 is 22.6 Å². The number of alkyl halides is 8. The van der Waals surface area contributed by atoms with Gasteiger partial charge < -0.3 is 0 Å². The Bertz CT molecular complexity index is 445. The molecule has 0 aromatic heterocycles. The van der Waals surface area contributed by atoms with E-state index in [1.165, 1.54) is 6.92 Å². The van der Waals surface area contributed by atoms with Crippen molar-refractivity contribution >= 4 is 28.6 Å². The third kappa shape index (κ3) is 3.43. The molecule has 132 valence electrons. The summed E-state index contributed by atoms with van der Waals surface area (Å²) in [4.78, 5) is 12.0. The molecule has 0 aromatic carbocycles. The molecule has 0 radical (unpaired) electrons. The predicted molar refractivity (Wildman–Crippen MR) is 66.6 cm³/mol. The van der Waals surface area contributed by atoms with Crippen molar-refractivity contribution in [2.75, 3.05) is 0 Å². The minimum absolute atomic E-state index is 0.305. The molecular weight excluding hydrogens is 550 g/mol. The summed E-state index contributed by atoms with van der Waals surface area (Å²) in [5, 5.41) is 9.34. The molecule has 2 N–H and O–H groups in total. The van der Waals surface area contributed by atoms with E-state index in [0.29, 0.717) is 13.8 Å². The molecule has 1 aliphatic heterocycles. The van der Waals surface area contributed by atoms with E-state index < -0.39 is 54.4 Å². The molecule has 12 heteroatoms. The number of rotatable bonds is 4. The predicted octanol–water partition coefficient (Wildman–Crippen LogP) is -0.709. The Morgan fingerprint density at radius 2 is 1.50 bits per heavy atom. The summed E-state index contributed by atoms with van der Waals surface area (Å²) in [6, 6.07) is 0. The van der Waals surface area contributed by atoms with Gasteiger partial charge in [-0.15, -0.1) is 0 Å². The summed E-state index contributed by atoms with van der Waals surface area (Å²) in [5.74, 6) is -1.25. The Morgan fingerprint density at radius 1 is 1.14 bits per heavy atom. The standard InChI is InChI=1S/C10H12F6I2NO3/c1-6(2,8(21,9(11,12)13)10(14,15)16)22-5(20)7(3,17)4-18-19-4/h4,19,21H,1-3H3/q-1. The second-order valence-corrected chi connectivity index (χ2v) is 9.99. The molecule has 0 aromatic rings. The average Bonchev–Trinajstić information content (AvgIpc) is 3.07. The van der Waals surface area contributed by atoms with E-state index in [4.69, 9.17) is 0 Å². The van der Waals surface area contributed by atoms with Crippen molar-refractivity contribution in [2.24, 2.45) is 0 Å². The van der Waals surface area contributed by atoms with Gasteiger partial charge in [0.25, 0.3) is 0 Å². The summed E-state index contributed by atoms with van der Waals surface area (Å²) in [6.45, 7) is 2.11. The number of carbonyl (C=O) groups is 1. The van der Waals surface area contributed by atoms with Crippen LogP contribution in [0.25, 0.3) is 0 Å². The first-order valence-corrected chi connectivity index (χ1v) is 9.05. The molecule has 1 aliphatic rings. The zero-order valence-electron chi connectivity index (χ0n) is 11.4. The van der Waals surface area contributed by atoms with Crippen LogP contribution in [0.2, 0.25) is 0 Å². The molecular formula is C10H12F6I2NO3-. The fraction of sp³-hybridized carbons (Fsp3) is 0.900. The summed E-state index contributed by atoms with van der Waals surface area (Å²) in [6.07, 6.45) is -12.1. The summed E-state index contributed by atoms with van der Waals surface area (Å²) < 4.78 is 82.8. The zero-order valence-corrected chi connectivity index (χ0v) is 15.7. The third-order valence-corrected chi connectivity index (χ3v) is 7.88. The van der Waals surface area contributed by atoms with E-state index in [2.05, 4.69) is 8.27 Å². The van der Waals surface area contributed by atoms with Crippen molar-refractivity contribution in [3.05, 3.63) is 0 Å². The second kappa shape index (κ2) is 5.75. The summed E-state index contributed by atoms with van der Waals surface area (Å²) >= 11 is 1.08. The molecule has 0 spiro atoms. The van der Waals surface area contributed by atoms with Crippen LogP contribution in [0.5, 0.6) is 0 Å².